The normalized spacial score (nSPS) is 21.5. The first-order valence-corrected chi connectivity index (χ1v) is 32.9. The molecule has 8 N–H and O–H groups in total. The largest absolute Gasteiger partial charge is 0.476 e. The number of fused-ring (bicyclic) bond motifs is 2. The van der Waals surface area contributed by atoms with Crippen molar-refractivity contribution in [3.05, 3.63) is 131 Å². The standard InChI is InChI=1S/C69H81N13O12S/c1-41(2)57(76-54(83)25-28-80-55(84)22-23-56(80)85)61(88)82(51(59(70)86)14-10-26-72-63(71)91)45-18-16-43(17-19-45)33-93-65(92)78(6)29-30-94-69-37-66(4)34-67(5,38-69)36-68(35-66,39-69)40-81-42(3)48(31-73-81)46-20-21-53(75-58(46)62(89)90)79-27-24-44-11-9-12-47(49(44)32-79)60(87)77-64-74-50-13-7-8-15-52(50)95-64/h7-9,11-13,15-23,31,41,51,57H,10,14,24-30,32-40H2,1-6H3,(H2,70,86)(H,76,83)(H,89,90)(H3,71,72,91)(H,74,77,87)/t51-,57-,66?,67?,68?,69?/m0/s1. The zero-order valence-electron chi connectivity index (χ0n) is 54.3. The van der Waals surface area contributed by atoms with Crippen molar-refractivity contribution >= 4 is 91.7 Å². The highest BCUT2D eigenvalue weighted by Crippen LogP contribution is 2.72. The minimum absolute atomic E-state index is 0.0144. The number of urea groups is 1. The summed E-state index contributed by atoms with van der Waals surface area (Å²) >= 11 is 1.41. The van der Waals surface area contributed by atoms with Gasteiger partial charge in [-0.15, -0.1) is 0 Å². The number of amides is 9. The van der Waals surface area contributed by atoms with Crippen molar-refractivity contribution < 1.29 is 57.7 Å². The Morgan fingerprint density at radius 2 is 1.58 bits per heavy atom. The molecule has 3 aromatic carbocycles. The van der Waals surface area contributed by atoms with E-state index < -0.39 is 71.2 Å². The lowest BCUT2D eigenvalue weighted by Gasteiger charge is -2.69. The third-order valence-corrected chi connectivity index (χ3v) is 20.2. The number of thiazole rings is 1. The van der Waals surface area contributed by atoms with Crippen LogP contribution in [-0.4, -0.2) is 146 Å². The molecule has 2 aliphatic heterocycles. The maximum atomic E-state index is 14.6. The maximum absolute atomic E-state index is 14.6. The number of nitrogens with one attached hydrogen (secondary N) is 3. The summed E-state index contributed by atoms with van der Waals surface area (Å²) in [6.45, 7) is 11.9. The van der Waals surface area contributed by atoms with E-state index in [0.717, 1.165) is 82.6 Å². The van der Waals surface area contributed by atoms with Gasteiger partial charge in [0.25, 0.3) is 23.6 Å². The Hall–Kier alpha value is -9.56. The fourth-order valence-electron chi connectivity index (χ4n) is 16.1. The molecule has 4 atom stereocenters. The Kier molecular flexibility index (Phi) is 19.0. The molecule has 25 nitrogen and oxygen atoms in total. The van der Waals surface area contributed by atoms with Crippen LogP contribution in [0.3, 0.4) is 0 Å². The highest BCUT2D eigenvalue weighted by molar-refractivity contribution is 7.22. The second-order valence-electron chi connectivity index (χ2n) is 27.3. The molecule has 0 spiro atoms. The van der Waals surface area contributed by atoms with Crippen LogP contribution in [0.15, 0.2) is 97.2 Å². The van der Waals surface area contributed by atoms with E-state index >= 15 is 0 Å². The summed E-state index contributed by atoms with van der Waals surface area (Å²) in [5.41, 5.74) is 16.5. The monoisotopic (exact) mass is 1320 g/mol. The van der Waals surface area contributed by atoms with Gasteiger partial charge in [0.05, 0.1) is 28.6 Å². The summed E-state index contributed by atoms with van der Waals surface area (Å²) < 4.78 is 15.8. The van der Waals surface area contributed by atoms with Gasteiger partial charge >= 0.3 is 18.1 Å². The van der Waals surface area contributed by atoms with Crippen LogP contribution in [0.1, 0.15) is 129 Å². The molecule has 9 amide bonds. The van der Waals surface area contributed by atoms with Crippen molar-refractivity contribution in [3.8, 4) is 11.1 Å². The Balaban J connectivity index is 0.718. The van der Waals surface area contributed by atoms with E-state index in [-0.39, 0.29) is 85.6 Å². The SMILES string of the molecule is Cc1c(-c2ccc(N3CCc4cccc(C(=O)Nc5nc6ccccc6s5)c4C3)nc2C(=O)O)cnn1CC12CC3(C)CC(C)(C1)CC(OCCN(C)C(=O)OCc1ccc(N(C(=O)[C@@H](NC(=O)CCN4C(=O)C=CC4=O)C(C)C)[C@@H](CCCNC(N)=O)C(N)=O)cc1)(C3)C2. The molecule has 12 rings (SSSR count). The molecule has 4 bridgehead atoms. The molecule has 95 heavy (non-hydrogen) atoms. The molecule has 0 radical (unpaired) electrons. The minimum atomic E-state index is -1.24. The van der Waals surface area contributed by atoms with Crippen LogP contribution >= 0.6 is 11.3 Å². The van der Waals surface area contributed by atoms with Crippen LogP contribution in [0.5, 0.6) is 0 Å². The number of aromatic nitrogens is 4. The number of hydrogen-bond acceptors (Lipinski definition) is 16. The lowest BCUT2D eigenvalue weighted by Crippen LogP contribution is -2.64. The predicted octanol–water partition coefficient (Wildman–Crippen LogP) is 7.87. The van der Waals surface area contributed by atoms with E-state index in [1.165, 1.54) is 21.1 Å². The summed E-state index contributed by atoms with van der Waals surface area (Å²) in [5.74, 6) is -4.66. The van der Waals surface area contributed by atoms with Crippen molar-refractivity contribution in [1.82, 2.24) is 40.2 Å². The van der Waals surface area contributed by atoms with Crippen LogP contribution in [0.4, 0.5) is 26.2 Å². The van der Waals surface area contributed by atoms with Gasteiger partial charge in [0.2, 0.25) is 11.8 Å². The van der Waals surface area contributed by atoms with Gasteiger partial charge in [0.15, 0.2) is 10.8 Å². The van der Waals surface area contributed by atoms with Crippen LogP contribution in [0.25, 0.3) is 21.3 Å². The van der Waals surface area contributed by atoms with E-state index in [2.05, 4.69) is 34.8 Å². The van der Waals surface area contributed by atoms with E-state index in [1.54, 1.807) is 57.4 Å². The Morgan fingerprint density at radius 3 is 2.26 bits per heavy atom. The first kappa shape index (κ1) is 66.9. The summed E-state index contributed by atoms with van der Waals surface area (Å²) in [4.78, 5) is 132. The molecule has 6 aliphatic rings. The molecule has 4 fully saturated rings. The third kappa shape index (κ3) is 14.6. The Bertz CT molecular complexity index is 3980. The number of carbonyl (C=O) groups is 9. The number of para-hydroxylation sites is 1. The summed E-state index contributed by atoms with van der Waals surface area (Å²) in [6.07, 6.45) is 9.50. The molecule has 2 unspecified atom stereocenters. The van der Waals surface area contributed by atoms with E-state index in [1.807, 2.05) is 65.0 Å². The molecular weight excluding hydrogens is 1230 g/mol. The lowest BCUT2D eigenvalue weighted by atomic mass is 9.39. The maximum Gasteiger partial charge on any atom is 0.409 e. The molecule has 0 saturated heterocycles. The minimum Gasteiger partial charge on any atom is -0.476 e. The number of anilines is 3. The van der Waals surface area contributed by atoms with Gasteiger partial charge in [-0.3, -0.25) is 48.6 Å². The van der Waals surface area contributed by atoms with Crippen molar-refractivity contribution in [2.24, 2.45) is 33.6 Å². The number of likely N-dealkylation sites (N-methyl/N-ethyl adjacent to an activating group) is 1. The number of rotatable bonds is 26. The molecule has 6 aromatic rings. The molecule has 3 aromatic heterocycles. The fourth-order valence-corrected chi connectivity index (χ4v) is 16.9. The third-order valence-electron chi connectivity index (χ3n) is 19.2. The number of pyridine rings is 1. The number of aromatic carboxylic acids is 1. The van der Waals surface area contributed by atoms with Gasteiger partial charge in [-0.1, -0.05) is 75.4 Å². The van der Waals surface area contributed by atoms with Crippen LogP contribution < -0.4 is 37.2 Å². The number of imide groups is 1. The zero-order valence-corrected chi connectivity index (χ0v) is 55.1. The zero-order chi connectivity index (χ0) is 67.7. The number of benzene rings is 3. The number of carboxylic acids is 1. The number of ether oxygens (including phenoxy) is 2. The number of carboxylic acid groups (broad SMARTS) is 1. The highest BCUT2D eigenvalue weighted by Gasteiger charge is 2.66. The summed E-state index contributed by atoms with van der Waals surface area (Å²) in [6, 6.07) is 20.3. The topological polar surface area (TPSA) is 337 Å². The van der Waals surface area contributed by atoms with Crippen LogP contribution in [0.2, 0.25) is 0 Å². The number of carbonyl (C=O) groups excluding carboxylic acids is 8. The summed E-state index contributed by atoms with van der Waals surface area (Å²) in [7, 11) is 1.64. The molecule has 4 saturated carbocycles. The number of hydrogen-bond donors (Lipinski definition) is 6. The van der Waals surface area contributed by atoms with Gasteiger partial charge in [0, 0.05) is 93.0 Å². The van der Waals surface area contributed by atoms with Crippen LogP contribution in [0, 0.1) is 29.1 Å². The molecule has 26 heteroatoms. The predicted molar refractivity (Wildman–Crippen MR) is 355 cm³/mol. The average Bonchev–Trinajstić information content (AvgIpc) is 0.930. The highest BCUT2D eigenvalue weighted by atomic mass is 32.1. The van der Waals surface area contributed by atoms with Crippen molar-refractivity contribution in [2.75, 3.05) is 55.0 Å². The van der Waals surface area contributed by atoms with Crippen LogP contribution in [-0.2, 0) is 59.6 Å². The van der Waals surface area contributed by atoms with Crippen molar-refractivity contribution in [2.45, 2.75) is 136 Å². The number of primary amides is 2. The van der Waals surface area contributed by atoms with Gasteiger partial charge in [0.1, 0.15) is 24.5 Å². The average molecular weight is 1320 g/mol. The van der Waals surface area contributed by atoms with E-state index in [0.29, 0.717) is 59.3 Å². The second-order valence-corrected chi connectivity index (χ2v) is 28.4. The van der Waals surface area contributed by atoms with E-state index in [9.17, 15) is 48.3 Å². The number of nitrogens with zero attached hydrogens (tertiary/aromatic N) is 8. The smallest absolute Gasteiger partial charge is 0.409 e. The first-order chi connectivity index (χ1) is 45.2. The van der Waals surface area contributed by atoms with Gasteiger partial charge in [-0.05, 0) is 146 Å². The molecule has 500 valence electrons. The molecular formula is C69H81N13O12S. The van der Waals surface area contributed by atoms with Gasteiger partial charge < -0.3 is 46.5 Å². The quantitative estimate of drug-likeness (QED) is 0.0222. The van der Waals surface area contributed by atoms with Crippen molar-refractivity contribution in [3.63, 3.8) is 0 Å². The lowest BCUT2D eigenvalue weighted by molar-refractivity contribution is -0.248. The Labute approximate surface area is 553 Å². The second kappa shape index (κ2) is 27.0. The summed E-state index contributed by atoms with van der Waals surface area (Å²) in [5, 5.41) is 24.4. The van der Waals surface area contributed by atoms with Gasteiger partial charge in [-0.2, -0.15) is 5.10 Å². The Morgan fingerprint density at radius 1 is 0.853 bits per heavy atom. The fraction of sp³-hybridized carbons (Fsp3) is 0.449. The number of nitrogens with two attached hydrogens (primary N) is 2. The van der Waals surface area contributed by atoms with E-state index in [4.69, 9.17) is 31.0 Å². The molecule has 5 heterocycles. The van der Waals surface area contributed by atoms with Crippen molar-refractivity contribution in [1.29, 1.82) is 0 Å². The van der Waals surface area contributed by atoms with Gasteiger partial charge in [-0.25, -0.2) is 24.4 Å². The molecule has 4 aliphatic carbocycles. The first-order valence-electron chi connectivity index (χ1n) is 32.1.